The molecule has 0 spiro atoms. The van der Waals surface area contributed by atoms with E-state index in [9.17, 15) is 18.4 Å². The molecule has 1 aromatic carbocycles. The van der Waals surface area contributed by atoms with Gasteiger partial charge in [0.05, 0.1) is 5.69 Å². The minimum atomic E-state index is -0.784. The number of hydrogen-bond acceptors (Lipinski definition) is 5. The average molecular weight is 375 g/mol. The molecule has 2 amide bonds. The van der Waals surface area contributed by atoms with Crippen LogP contribution in [0.2, 0.25) is 0 Å². The van der Waals surface area contributed by atoms with Crippen LogP contribution in [-0.4, -0.2) is 57.8 Å². The zero-order valence-electron chi connectivity index (χ0n) is 15.0. The molecule has 0 radical (unpaired) electrons. The number of aryl methyl sites for hydroxylation is 1. The van der Waals surface area contributed by atoms with E-state index in [1.54, 1.807) is 22.8 Å². The summed E-state index contributed by atoms with van der Waals surface area (Å²) in [5.74, 6) is -1.73. The number of aromatic nitrogens is 2. The summed E-state index contributed by atoms with van der Waals surface area (Å²) in [6, 6.07) is 4.64. The summed E-state index contributed by atoms with van der Waals surface area (Å²) in [7, 11) is 0. The topological polar surface area (TPSA) is 78.4 Å². The molecule has 0 unspecified atom stereocenters. The summed E-state index contributed by atoms with van der Waals surface area (Å²) in [5.41, 5.74) is 0.708. The SMILES string of the molecule is CC(=O)N1CCN(C(=O)c2cc(C)nc(Nc3ccc(F)cc3F)n2)CC1. The quantitative estimate of drug-likeness (QED) is 0.889. The van der Waals surface area contributed by atoms with Crippen LogP contribution in [0, 0.1) is 18.6 Å². The lowest BCUT2D eigenvalue weighted by Crippen LogP contribution is -2.50. The number of piperazine rings is 1. The van der Waals surface area contributed by atoms with Gasteiger partial charge in [-0.1, -0.05) is 0 Å². The van der Waals surface area contributed by atoms with Crippen molar-refractivity contribution in [3.8, 4) is 0 Å². The van der Waals surface area contributed by atoms with Crippen molar-refractivity contribution in [2.75, 3.05) is 31.5 Å². The highest BCUT2D eigenvalue weighted by Crippen LogP contribution is 2.19. The fourth-order valence-electron chi connectivity index (χ4n) is 2.83. The van der Waals surface area contributed by atoms with Gasteiger partial charge in [-0.3, -0.25) is 9.59 Å². The zero-order valence-corrected chi connectivity index (χ0v) is 15.0. The van der Waals surface area contributed by atoms with E-state index in [4.69, 9.17) is 0 Å². The monoisotopic (exact) mass is 375 g/mol. The number of hydrogen-bond donors (Lipinski definition) is 1. The summed E-state index contributed by atoms with van der Waals surface area (Å²) >= 11 is 0. The zero-order chi connectivity index (χ0) is 19.6. The van der Waals surface area contributed by atoms with E-state index >= 15 is 0 Å². The molecular weight excluding hydrogens is 356 g/mol. The number of anilines is 2. The second-order valence-corrected chi connectivity index (χ2v) is 6.27. The minimum absolute atomic E-state index is 0.00970. The van der Waals surface area contributed by atoms with E-state index in [-0.39, 0.29) is 29.1 Å². The molecule has 9 heteroatoms. The van der Waals surface area contributed by atoms with Gasteiger partial charge in [0.2, 0.25) is 11.9 Å². The number of rotatable bonds is 3. The summed E-state index contributed by atoms with van der Waals surface area (Å²) in [6.45, 7) is 4.96. The Morgan fingerprint density at radius 1 is 1.04 bits per heavy atom. The van der Waals surface area contributed by atoms with Crippen LogP contribution in [0.1, 0.15) is 23.1 Å². The van der Waals surface area contributed by atoms with Gasteiger partial charge in [0.1, 0.15) is 17.3 Å². The van der Waals surface area contributed by atoms with E-state index in [2.05, 4.69) is 15.3 Å². The van der Waals surface area contributed by atoms with E-state index in [1.807, 2.05) is 0 Å². The summed E-state index contributed by atoms with van der Waals surface area (Å²) < 4.78 is 26.9. The maximum atomic E-state index is 13.8. The molecule has 0 atom stereocenters. The van der Waals surface area contributed by atoms with Crippen LogP contribution in [0.15, 0.2) is 24.3 Å². The van der Waals surface area contributed by atoms with E-state index in [1.165, 1.54) is 13.0 Å². The number of carbonyl (C=O) groups excluding carboxylic acids is 2. The number of benzene rings is 1. The third-order valence-corrected chi connectivity index (χ3v) is 4.26. The molecule has 7 nitrogen and oxygen atoms in total. The highest BCUT2D eigenvalue weighted by atomic mass is 19.1. The van der Waals surface area contributed by atoms with Crippen LogP contribution in [0.5, 0.6) is 0 Å². The van der Waals surface area contributed by atoms with Crippen molar-refractivity contribution in [2.24, 2.45) is 0 Å². The molecule has 1 fully saturated rings. The van der Waals surface area contributed by atoms with Crippen LogP contribution >= 0.6 is 0 Å². The molecule has 0 bridgehead atoms. The van der Waals surface area contributed by atoms with Crippen LogP contribution in [-0.2, 0) is 4.79 Å². The molecule has 3 rings (SSSR count). The predicted molar refractivity (Wildman–Crippen MR) is 94.6 cm³/mol. The third kappa shape index (κ3) is 4.36. The highest BCUT2D eigenvalue weighted by molar-refractivity contribution is 5.93. The largest absolute Gasteiger partial charge is 0.339 e. The fraction of sp³-hybridized carbons (Fsp3) is 0.333. The lowest BCUT2D eigenvalue weighted by atomic mass is 10.2. The normalized spacial score (nSPS) is 14.2. The Bertz CT molecular complexity index is 882. The molecule has 0 aliphatic carbocycles. The van der Waals surface area contributed by atoms with Crippen LogP contribution in [0.25, 0.3) is 0 Å². The fourth-order valence-corrected chi connectivity index (χ4v) is 2.83. The van der Waals surface area contributed by atoms with Gasteiger partial charge in [-0.25, -0.2) is 18.7 Å². The van der Waals surface area contributed by atoms with E-state index < -0.39 is 11.6 Å². The molecule has 1 aliphatic rings. The number of nitrogens with one attached hydrogen (secondary N) is 1. The minimum Gasteiger partial charge on any atom is -0.339 e. The lowest BCUT2D eigenvalue weighted by molar-refractivity contribution is -0.130. The maximum absolute atomic E-state index is 13.8. The van der Waals surface area contributed by atoms with Gasteiger partial charge < -0.3 is 15.1 Å². The van der Waals surface area contributed by atoms with Crippen LogP contribution in [0.4, 0.5) is 20.4 Å². The molecule has 1 aliphatic heterocycles. The Labute approximate surface area is 155 Å². The van der Waals surface area contributed by atoms with Gasteiger partial charge in [-0.15, -0.1) is 0 Å². The second kappa shape index (κ2) is 7.65. The van der Waals surface area contributed by atoms with Crippen molar-refractivity contribution in [3.05, 3.63) is 47.3 Å². The molecule has 2 heterocycles. The molecule has 142 valence electrons. The molecule has 1 saturated heterocycles. The molecule has 1 N–H and O–H groups in total. The number of amides is 2. The Morgan fingerprint density at radius 2 is 1.70 bits per heavy atom. The van der Waals surface area contributed by atoms with Gasteiger partial charge in [0.25, 0.3) is 5.91 Å². The van der Waals surface area contributed by atoms with Crippen LogP contribution < -0.4 is 5.32 Å². The third-order valence-electron chi connectivity index (χ3n) is 4.26. The second-order valence-electron chi connectivity index (χ2n) is 6.27. The lowest BCUT2D eigenvalue weighted by Gasteiger charge is -2.34. The first-order chi connectivity index (χ1) is 12.8. The number of nitrogens with zero attached hydrogens (tertiary/aromatic N) is 4. The van der Waals surface area contributed by atoms with Crippen molar-refractivity contribution in [1.29, 1.82) is 0 Å². The van der Waals surface area contributed by atoms with Gasteiger partial charge in [-0.2, -0.15) is 0 Å². The Kier molecular flexibility index (Phi) is 5.29. The highest BCUT2D eigenvalue weighted by Gasteiger charge is 2.24. The van der Waals surface area contributed by atoms with Crippen molar-refractivity contribution >= 4 is 23.5 Å². The van der Waals surface area contributed by atoms with E-state index in [0.29, 0.717) is 31.9 Å². The number of carbonyl (C=O) groups is 2. The molecule has 1 aromatic heterocycles. The number of halogens is 2. The first kappa shape index (κ1) is 18.7. The molecule has 2 aromatic rings. The van der Waals surface area contributed by atoms with Crippen molar-refractivity contribution < 1.29 is 18.4 Å². The van der Waals surface area contributed by atoms with E-state index in [0.717, 1.165) is 12.1 Å². The van der Waals surface area contributed by atoms with Gasteiger partial charge >= 0.3 is 0 Å². The Hall–Kier alpha value is -3.10. The Balaban J connectivity index is 1.77. The van der Waals surface area contributed by atoms with Gasteiger partial charge in [0.15, 0.2) is 0 Å². The summed E-state index contributed by atoms with van der Waals surface area (Å²) in [6.07, 6.45) is 0. The maximum Gasteiger partial charge on any atom is 0.272 e. The van der Waals surface area contributed by atoms with Crippen molar-refractivity contribution in [1.82, 2.24) is 19.8 Å². The first-order valence-electron chi connectivity index (χ1n) is 8.46. The predicted octanol–water partition coefficient (Wildman–Crippen LogP) is 2.11. The summed E-state index contributed by atoms with van der Waals surface area (Å²) in [5, 5.41) is 2.67. The summed E-state index contributed by atoms with van der Waals surface area (Å²) in [4.78, 5) is 35.7. The smallest absolute Gasteiger partial charge is 0.272 e. The van der Waals surface area contributed by atoms with Crippen LogP contribution in [0.3, 0.4) is 0 Å². The van der Waals surface area contributed by atoms with Crippen molar-refractivity contribution in [2.45, 2.75) is 13.8 Å². The molecule has 0 saturated carbocycles. The molecular formula is C18H19F2N5O2. The average Bonchev–Trinajstić information content (AvgIpc) is 2.63. The molecule has 27 heavy (non-hydrogen) atoms. The standard InChI is InChI=1S/C18H19F2N5O2/c1-11-9-16(17(27)25-7-5-24(6-8-25)12(2)26)23-18(21-11)22-15-4-3-13(19)10-14(15)20/h3-4,9-10H,5-8H2,1-2H3,(H,21,22,23). The van der Waals surface area contributed by atoms with Gasteiger partial charge in [-0.05, 0) is 25.1 Å². The van der Waals surface area contributed by atoms with Crippen molar-refractivity contribution in [3.63, 3.8) is 0 Å². The van der Waals surface area contributed by atoms with Gasteiger partial charge in [0, 0.05) is 44.9 Å². The first-order valence-corrected chi connectivity index (χ1v) is 8.46. The Morgan fingerprint density at radius 3 is 2.33 bits per heavy atom.